The van der Waals surface area contributed by atoms with E-state index in [2.05, 4.69) is 46.9 Å². The molecule has 1 unspecified atom stereocenters. The van der Waals surface area contributed by atoms with E-state index in [1.54, 1.807) is 0 Å². The van der Waals surface area contributed by atoms with Crippen LogP contribution in [0, 0.1) is 0 Å². The van der Waals surface area contributed by atoms with Crippen LogP contribution in [0.1, 0.15) is 25.5 Å². The van der Waals surface area contributed by atoms with Gasteiger partial charge in [-0.1, -0.05) is 30.3 Å². The van der Waals surface area contributed by atoms with E-state index in [1.165, 1.54) is 0 Å². The summed E-state index contributed by atoms with van der Waals surface area (Å²) in [5, 5.41) is 0. The van der Waals surface area contributed by atoms with Crippen LogP contribution in [0.5, 0.6) is 0 Å². The number of benzene rings is 1. The maximum atomic E-state index is 5.63. The first kappa shape index (κ1) is 9.71. The molecule has 0 bridgehead atoms. The van der Waals surface area contributed by atoms with Gasteiger partial charge >= 0.3 is 0 Å². The lowest BCUT2D eigenvalue weighted by molar-refractivity contribution is 0.162. The normalized spacial score (nSPS) is 24.2. The maximum absolute atomic E-state index is 5.63. The van der Waals surface area contributed by atoms with Crippen molar-refractivity contribution < 1.29 is 4.74 Å². The van der Waals surface area contributed by atoms with Gasteiger partial charge in [-0.2, -0.15) is 0 Å². The Kier molecular flexibility index (Phi) is 2.35. The van der Waals surface area contributed by atoms with Gasteiger partial charge in [0.05, 0.1) is 0 Å². The topological polar surface area (TPSA) is 21.6 Å². The number of nitrogens with zero attached hydrogens (tertiary/aromatic N) is 1. The maximum Gasteiger partial charge on any atom is 0.255 e. The van der Waals surface area contributed by atoms with E-state index in [9.17, 15) is 0 Å². The summed E-state index contributed by atoms with van der Waals surface area (Å²) in [5.74, 6) is 0. The van der Waals surface area contributed by atoms with Crippen molar-refractivity contribution in [3.8, 4) is 0 Å². The second-order valence-corrected chi connectivity index (χ2v) is 4.61. The molecule has 2 nitrogen and oxygen atoms in total. The minimum Gasteiger partial charge on any atom is -0.462 e. The molecular formula is C11H12BrNO. The van der Waals surface area contributed by atoms with Crippen LogP contribution >= 0.6 is 15.9 Å². The van der Waals surface area contributed by atoms with Gasteiger partial charge in [0, 0.05) is 15.9 Å². The van der Waals surface area contributed by atoms with E-state index in [-0.39, 0.29) is 11.6 Å². The molecule has 0 N–H and O–H groups in total. The fraction of sp³-hybridized carbons (Fsp3) is 0.364. The highest BCUT2D eigenvalue weighted by Crippen LogP contribution is 2.38. The summed E-state index contributed by atoms with van der Waals surface area (Å²) in [7, 11) is 0. The molecule has 2 rings (SSSR count). The van der Waals surface area contributed by atoms with Crippen LogP contribution in [0.25, 0.3) is 0 Å². The summed E-state index contributed by atoms with van der Waals surface area (Å²) in [4.78, 5) is 4.98. The first-order valence-electron chi connectivity index (χ1n) is 4.56. The summed E-state index contributed by atoms with van der Waals surface area (Å²) in [6.45, 7) is 4.14. The molecule has 0 amide bonds. The van der Waals surface area contributed by atoms with E-state index in [1.807, 2.05) is 18.2 Å². The van der Waals surface area contributed by atoms with Crippen LogP contribution < -0.4 is 0 Å². The first-order valence-corrected chi connectivity index (χ1v) is 5.36. The lowest BCUT2D eigenvalue weighted by Crippen LogP contribution is -2.23. The van der Waals surface area contributed by atoms with Crippen molar-refractivity contribution in [2.75, 3.05) is 0 Å². The third-order valence-corrected chi connectivity index (χ3v) is 2.70. The van der Waals surface area contributed by atoms with Crippen LogP contribution in [0.3, 0.4) is 0 Å². The van der Waals surface area contributed by atoms with Crippen molar-refractivity contribution in [2.24, 2.45) is 4.99 Å². The molecule has 1 aromatic rings. The van der Waals surface area contributed by atoms with Gasteiger partial charge in [-0.15, -0.1) is 0 Å². The molecule has 74 valence electrons. The zero-order chi connectivity index (χ0) is 10.2. The Balaban J connectivity index is 2.31. The van der Waals surface area contributed by atoms with Crippen molar-refractivity contribution >= 4 is 20.7 Å². The van der Waals surface area contributed by atoms with Gasteiger partial charge in [-0.05, 0) is 19.4 Å². The SMILES string of the molecule is CC1(C)N=C(Br)OC1c1ccccc1. The van der Waals surface area contributed by atoms with E-state index < -0.39 is 0 Å². The monoisotopic (exact) mass is 253 g/mol. The Labute approximate surface area is 92.1 Å². The molecule has 1 aliphatic rings. The zero-order valence-electron chi connectivity index (χ0n) is 8.20. The minimum atomic E-state index is -0.194. The summed E-state index contributed by atoms with van der Waals surface area (Å²) < 4.78 is 5.63. The number of aliphatic imine (C=N–C) groups is 1. The predicted octanol–water partition coefficient (Wildman–Crippen LogP) is 3.29. The minimum absolute atomic E-state index is 0.0121. The Bertz CT molecular complexity index is 359. The van der Waals surface area contributed by atoms with Crippen LogP contribution in [-0.4, -0.2) is 10.3 Å². The summed E-state index contributed by atoms with van der Waals surface area (Å²) >= 11 is 3.28. The van der Waals surface area contributed by atoms with E-state index in [0.717, 1.165) is 5.56 Å². The smallest absolute Gasteiger partial charge is 0.255 e. The van der Waals surface area contributed by atoms with Crippen LogP contribution in [0.2, 0.25) is 0 Å². The largest absolute Gasteiger partial charge is 0.462 e. The average molecular weight is 254 g/mol. The highest BCUT2D eigenvalue weighted by atomic mass is 79.9. The molecule has 0 aromatic heterocycles. The van der Waals surface area contributed by atoms with Gasteiger partial charge in [0.15, 0.2) is 6.10 Å². The van der Waals surface area contributed by atoms with Crippen molar-refractivity contribution in [1.29, 1.82) is 0 Å². The number of ether oxygens (including phenoxy) is 1. The molecule has 0 fully saturated rings. The molecule has 0 saturated heterocycles. The quantitative estimate of drug-likeness (QED) is 0.753. The lowest BCUT2D eigenvalue weighted by atomic mass is 9.93. The van der Waals surface area contributed by atoms with Crippen molar-refractivity contribution in [1.82, 2.24) is 0 Å². The molecule has 0 saturated carbocycles. The Morgan fingerprint density at radius 1 is 1.29 bits per heavy atom. The fourth-order valence-electron chi connectivity index (χ4n) is 1.66. The predicted molar refractivity (Wildman–Crippen MR) is 60.7 cm³/mol. The third kappa shape index (κ3) is 1.69. The average Bonchev–Trinajstić information content (AvgIpc) is 2.41. The van der Waals surface area contributed by atoms with Gasteiger partial charge in [0.25, 0.3) is 4.81 Å². The van der Waals surface area contributed by atoms with Crippen LogP contribution in [0.4, 0.5) is 0 Å². The van der Waals surface area contributed by atoms with E-state index in [0.29, 0.717) is 4.81 Å². The van der Waals surface area contributed by atoms with E-state index >= 15 is 0 Å². The van der Waals surface area contributed by atoms with Gasteiger partial charge in [0.2, 0.25) is 0 Å². The number of rotatable bonds is 1. The second-order valence-electron chi connectivity index (χ2n) is 3.93. The molecule has 1 aliphatic heterocycles. The number of hydrogen-bond donors (Lipinski definition) is 0. The number of hydrogen-bond acceptors (Lipinski definition) is 2. The number of halogens is 1. The highest BCUT2D eigenvalue weighted by molar-refractivity contribution is 9.18. The molecule has 1 atom stereocenters. The molecule has 3 heteroatoms. The van der Waals surface area contributed by atoms with Gasteiger partial charge in [0.1, 0.15) is 5.54 Å². The molecule has 14 heavy (non-hydrogen) atoms. The second kappa shape index (κ2) is 3.39. The van der Waals surface area contributed by atoms with Gasteiger partial charge in [-0.25, -0.2) is 4.99 Å². The van der Waals surface area contributed by atoms with Crippen molar-refractivity contribution in [3.63, 3.8) is 0 Å². The molecule has 1 heterocycles. The standard InChI is InChI=1S/C11H12BrNO/c1-11(2)9(14-10(12)13-11)8-6-4-3-5-7-8/h3-7,9H,1-2H3. The summed E-state index contributed by atoms with van der Waals surface area (Å²) in [6, 6.07) is 10.2. The zero-order valence-corrected chi connectivity index (χ0v) is 9.78. The summed E-state index contributed by atoms with van der Waals surface area (Å²) in [6.07, 6.45) is 0.0121. The van der Waals surface area contributed by atoms with Crippen LogP contribution in [0.15, 0.2) is 35.3 Å². The van der Waals surface area contributed by atoms with Crippen molar-refractivity contribution in [2.45, 2.75) is 25.5 Å². The van der Waals surface area contributed by atoms with Gasteiger partial charge < -0.3 is 4.74 Å². The molecule has 0 aliphatic carbocycles. The van der Waals surface area contributed by atoms with E-state index in [4.69, 9.17) is 4.74 Å². The molecular weight excluding hydrogens is 242 g/mol. The van der Waals surface area contributed by atoms with Crippen molar-refractivity contribution in [3.05, 3.63) is 35.9 Å². The lowest BCUT2D eigenvalue weighted by Gasteiger charge is -2.23. The first-order chi connectivity index (χ1) is 6.59. The summed E-state index contributed by atoms with van der Waals surface area (Å²) in [5.41, 5.74) is 0.968. The highest BCUT2D eigenvalue weighted by Gasteiger charge is 2.38. The van der Waals surface area contributed by atoms with Crippen LogP contribution in [-0.2, 0) is 4.74 Å². The fourth-order valence-corrected chi connectivity index (χ4v) is 2.30. The molecule has 0 radical (unpaired) electrons. The Morgan fingerprint density at radius 3 is 2.43 bits per heavy atom. The Hall–Kier alpha value is -0.830. The third-order valence-electron chi connectivity index (χ3n) is 2.34. The molecule has 0 spiro atoms. The van der Waals surface area contributed by atoms with Gasteiger partial charge in [-0.3, -0.25) is 0 Å². The molecule has 1 aromatic carbocycles. The Morgan fingerprint density at radius 2 is 1.93 bits per heavy atom.